The van der Waals surface area contributed by atoms with Gasteiger partial charge in [-0.05, 0) is 43.5 Å². The van der Waals surface area contributed by atoms with Gasteiger partial charge in [0.2, 0.25) is 17.7 Å². The van der Waals surface area contributed by atoms with Gasteiger partial charge in [-0.1, -0.05) is 22.4 Å². The van der Waals surface area contributed by atoms with Crippen molar-refractivity contribution in [3.8, 4) is 0 Å². The zero-order valence-electron chi connectivity index (χ0n) is 14.1. The van der Waals surface area contributed by atoms with Crippen molar-refractivity contribution < 1.29 is 14.4 Å². The predicted octanol–water partition coefficient (Wildman–Crippen LogP) is 2.51. The molecular formula is C17H24BrN3O3. The fourth-order valence-corrected chi connectivity index (χ4v) is 2.56. The van der Waals surface area contributed by atoms with Crippen LogP contribution in [0.3, 0.4) is 0 Å². The van der Waals surface area contributed by atoms with E-state index in [1.807, 2.05) is 25.1 Å². The normalized spacial score (nSPS) is 10.1. The molecule has 6 nitrogen and oxygen atoms in total. The minimum atomic E-state index is -0.251. The van der Waals surface area contributed by atoms with Gasteiger partial charge in [-0.3, -0.25) is 14.4 Å². The van der Waals surface area contributed by atoms with E-state index in [2.05, 4.69) is 31.9 Å². The summed E-state index contributed by atoms with van der Waals surface area (Å²) < 4.78 is 0.949. The van der Waals surface area contributed by atoms with Gasteiger partial charge >= 0.3 is 0 Å². The van der Waals surface area contributed by atoms with Crippen LogP contribution in [0.1, 0.15) is 38.2 Å². The zero-order valence-corrected chi connectivity index (χ0v) is 15.7. The number of anilines is 1. The van der Waals surface area contributed by atoms with Gasteiger partial charge in [0.1, 0.15) is 0 Å². The molecule has 0 spiro atoms. The highest BCUT2D eigenvalue weighted by Crippen LogP contribution is 2.19. The second-order valence-electron chi connectivity index (χ2n) is 5.58. The van der Waals surface area contributed by atoms with E-state index in [4.69, 9.17) is 0 Å². The third-order valence-corrected chi connectivity index (χ3v) is 3.86. The molecule has 132 valence electrons. The number of unbranched alkanes of at least 4 members (excludes halogenated alkanes) is 2. The topological polar surface area (TPSA) is 87.3 Å². The van der Waals surface area contributed by atoms with E-state index in [9.17, 15) is 14.4 Å². The van der Waals surface area contributed by atoms with Crippen molar-refractivity contribution >= 4 is 39.3 Å². The molecule has 1 aromatic rings. The van der Waals surface area contributed by atoms with Crippen LogP contribution in [0.2, 0.25) is 0 Å². The van der Waals surface area contributed by atoms with Crippen molar-refractivity contribution in [3.63, 3.8) is 0 Å². The van der Waals surface area contributed by atoms with Gasteiger partial charge in [-0.15, -0.1) is 0 Å². The van der Waals surface area contributed by atoms with Gasteiger partial charge in [0.15, 0.2) is 0 Å². The van der Waals surface area contributed by atoms with Crippen molar-refractivity contribution in [2.24, 2.45) is 0 Å². The first-order valence-electron chi connectivity index (χ1n) is 7.95. The van der Waals surface area contributed by atoms with E-state index in [1.54, 1.807) is 0 Å². The maximum atomic E-state index is 11.9. The zero-order chi connectivity index (χ0) is 17.9. The van der Waals surface area contributed by atoms with Crippen molar-refractivity contribution in [2.75, 3.05) is 18.4 Å². The maximum absolute atomic E-state index is 11.9. The molecule has 0 atom stereocenters. The first-order valence-corrected chi connectivity index (χ1v) is 8.75. The third-order valence-electron chi connectivity index (χ3n) is 3.36. The number of halogens is 1. The lowest BCUT2D eigenvalue weighted by molar-refractivity contribution is -0.124. The number of hydrogen-bond donors (Lipinski definition) is 3. The van der Waals surface area contributed by atoms with Gasteiger partial charge in [-0.25, -0.2) is 0 Å². The minimum Gasteiger partial charge on any atom is -0.356 e. The fourth-order valence-electron chi connectivity index (χ4n) is 2.08. The first-order chi connectivity index (χ1) is 11.4. The van der Waals surface area contributed by atoms with Gasteiger partial charge in [0, 0.05) is 30.0 Å². The lowest BCUT2D eigenvalue weighted by Gasteiger charge is -2.09. The molecule has 0 heterocycles. The molecule has 0 aliphatic rings. The molecule has 0 unspecified atom stereocenters. The van der Waals surface area contributed by atoms with E-state index >= 15 is 0 Å². The van der Waals surface area contributed by atoms with Crippen LogP contribution in [0.4, 0.5) is 5.69 Å². The first kappa shape index (κ1) is 20.2. The van der Waals surface area contributed by atoms with E-state index < -0.39 is 0 Å². The summed E-state index contributed by atoms with van der Waals surface area (Å²) in [5, 5.41) is 8.09. The average Bonchev–Trinajstić information content (AvgIpc) is 2.51. The molecule has 0 aliphatic heterocycles. The Bertz CT molecular complexity index is 590. The lowest BCUT2D eigenvalue weighted by Crippen LogP contribution is -2.32. The summed E-state index contributed by atoms with van der Waals surface area (Å²) in [7, 11) is 0. The summed E-state index contributed by atoms with van der Waals surface area (Å²) in [5.74, 6) is -0.434. The molecule has 0 radical (unpaired) electrons. The SMILES string of the molecule is CC(=O)NCCCCCC(=O)NCC(=O)Nc1ccc(Br)cc1C. The summed E-state index contributed by atoms with van der Waals surface area (Å²) in [6.07, 6.45) is 2.82. The molecular weight excluding hydrogens is 374 g/mol. The predicted molar refractivity (Wildman–Crippen MR) is 97.7 cm³/mol. The number of benzene rings is 1. The lowest BCUT2D eigenvalue weighted by atomic mass is 10.2. The Balaban J connectivity index is 2.17. The second-order valence-corrected chi connectivity index (χ2v) is 6.49. The number of carbonyl (C=O) groups is 3. The molecule has 7 heteroatoms. The summed E-state index contributed by atoms with van der Waals surface area (Å²) in [4.78, 5) is 34.2. The van der Waals surface area contributed by atoms with Crippen LogP contribution in [0.25, 0.3) is 0 Å². The number of amides is 3. The summed E-state index contributed by atoms with van der Waals surface area (Å²) in [6.45, 7) is 3.97. The van der Waals surface area contributed by atoms with Crippen LogP contribution in [-0.4, -0.2) is 30.8 Å². The van der Waals surface area contributed by atoms with Crippen molar-refractivity contribution in [1.82, 2.24) is 10.6 Å². The molecule has 0 bridgehead atoms. The molecule has 0 saturated carbocycles. The summed E-state index contributed by atoms with van der Waals surface area (Å²) >= 11 is 3.37. The maximum Gasteiger partial charge on any atom is 0.243 e. The van der Waals surface area contributed by atoms with Crippen LogP contribution in [0.5, 0.6) is 0 Å². The molecule has 24 heavy (non-hydrogen) atoms. The van der Waals surface area contributed by atoms with Gasteiger partial charge in [0.05, 0.1) is 6.54 Å². The Morgan fingerprint density at radius 3 is 2.46 bits per heavy atom. The number of rotatable bonds is 9. The largest absolute Gasteiger partial charge is 0.356 e. The summed E-state index contributed by atoms with van der Waals surface area (Å²) in [5.41, 5.74) is 1.68. The Kier molecular flexibility index (Phi) is 9.07. The van der Waals surface area contributed by atoms with Crippen LogP contribution >= 0.6 is 15.9 Å². The third kappa shape index (κ3) is 8.67. The van der Waals surface area contributed by atoms with Crippen molar-refractivity contribution in [2.45, 2.75) is 39.5 Å². The number of carbonyl (C=O) groups excluding carboxylic acids is 3. The van der Waals surface area contributed by atoms with Crippen LogP contribution in [-0.2, 0) is 14.4 Å². The van der Waals surface area contributed by atoms with Gasteiger partial charge < -0.3 is 16.0 Å². The smallest absolute Gasteiger partial charge is 0.243 e. The van der Waals surface area contributed by atoms with Crippen LogP contribution < -0.4 is 16.0 Å². The van der Waals surface area contributed by atoms with Crippen LogP contribution in [0, 0.1) is 6.92 Å². The highest BCUT2D eigenvalue weighted by molar-refractivity contribution is 9.10. The van der Waals surface area contributed by atoms with Crippen molar-refractivity contribution in [3.05, 3.63) is 28.2 Å². The molecule has 0 aliphatic carbocycles. The molecule has 0 saturated heterocycles. The van der Waals surface area contributed by atoms with Crippen LogP contribution in [0.15, 0.2) is 22.7 Å². The molecule has 1 aromatic carbocycles. The monoisotopic (exact) mass is 397 g/mol. The molecule has 0 fully saturated rings. The number of aryl methyl sites for hydroxylation is 1. The summed E-state index contributed by atoms with van der Waals surface area (Å²) in [6, 6.07) is 5.57. The standard InChI is InChI=1S/C17H24BrN3O3/c1-12-10-14(18)7-8-15(12)21-17(24)11-20-16(23)6-4-3-5-9-19-13(2)22/h7-8,10H,3-6,9,11H2,1-2H3,(H,19,22)(H,20,23)(H,21,24). The quantitative estimate of drug-likeness (QED) is 0.559. The van der Waals surface area contributed by atoms with E-state index in [-0.39, 0.29) is 24.3 Å². The van der Waals surface area contributed by atoms with Gasteiger partial charge in [-0.2, -0.15) is 0 Å². The molecule has 1 rings (SSSR count). The Hall–Kier alpha value is -1.89. The molecule has 3 N–H and O–H groups in total. The fraction of sp³-hybridized carbons (Fsp3) is 0.471. The molecule has 0 aromatic heterocycles. The Labute approximate surface area is 150 Å². The number of nitrogens with one attached hydrogen (secondary N) is 3. The molecule has 3 amide bonds. The van der Waals surface area contributed by atoms with Crippen molar-refractivity contribution in [1.29, 1.82) is 0 Å². The van der Waals surface area contributed by atoms with E-state index in [0.29, 0.717) is 13.0 Å². The number of hydrogen-bond acceptors (Lipinski definition) is 3. The Morgan fingerprint density at radius 2 is 1.79 bits per heavy atom. The van der Waals surface area contributed by atoms with E-state index in [0.717, 1.165) is 35.0 Å². The highest BCUT2D eigenvalue weighted by atomic mass is 79.9. The second kappa shape index (κ2) is 10.8. The average molecular weight is 398 g/mol. The Morgan fingerprint density at radius 1 is 1.04 bits per heavy atom. The minimum absolute atomic E-state index is 0.0414. The highest BCUT2D eigenvalue weighted by Gasteiger charge is 2.07. The van der Waals surface area contributed by atoms with E-state index in [1.165, 1.54) is 6.92 Å². The van der Waals surface area contributed by atoms with Gasteiger partial charge in [0.25, 0.3) is 0 Å².